The Morgan fingerprint density at radius 2 is 2.20 bits per heavy atom. The first-order valence-corrected chi connectivity index (χ1v) is 3.18. The van der Waals surface area contributed by atoms with E-state index >= 15 is 0 Å². The van der Waals surface area contributed by atoms with Gasteiger partial charge in [0, 0.05) is 15.5 Å². The first-order valence-electron chi connectivity index (χ1n) is 3.89. The van der Waals surface area contributed by atoms with Gasteiger partial charge in [-0.3, -0.25) is 4.79 Å². The highest BCUT2D eigenvalue weighted by molar-refractivity contribution is 5.80. The molecule has 0 saturated carbocycles. The van der Waals surface area contributed by atoms with Gasteiger partial charge in [0.2, 0.25) is 5.91 Å². The molecule has 0 aromatic carbocycles. The zero-order valence-electron chi connectivity index (χ0n) is 7.85. The average molecular weight is 142 g/mol. The largest absolute Gasteiger partial charge is 0.348 e. The van der Waals surface area contributed by atoms with Gasteiger partial charge >= 0.3 is 0 Å². The molecule has 0 saturated heterocycles. The first kappa shape index (κ1) is 7.32. The second-order valence-electron chi connectivity index (χ2n) is 2.61. The first-order chi connectivity index (χ1) is 5.00. The Labute approximate surface area is 63.9 Å². The highest BCUT2D eigenvalue weighted by Gasteiger charge is 2.14. The molecule has 0 aliphatic heterocycles. The van der Waals surface area contributed by atoms with Crippen molar-refractivity contribution >= 4 is 5.91 Å². The van der Waals surface area contributed by atoms with Crippen molar-refractivity contribution in [1.29, 1.82) is 0 Å². The van der Waals surface area contributed by atoms with Crippen LogP contribution in [0, 0.1) is 5.92 Å². The molecule has 0 bridgehead atoms. The topological polar surface area (TPSA) is 20.3 Å². The van der Waals surface area contributed by atoms with Gasteiger partial charge in [0.25, 0.3) is 0 Å². The Bertz CT molecular complexity index is 165. The second-order valence-corrected chi connectivity index (χ2v) is 2.61. The fourth-order valence-electron chi connectivity index (χ4n) is 0.562. The highest BCUT2D eigenvalue weighted by atomic mass is 16.2. The number of carbonyl (C=O) groups is 1. The van der Waals surface area contributed by atoms with Gasteiger partial charge in [-0.1, -0.05) is 12.2 Å². The predicted molar refractivity (Wildman–Crippen MR) is 42.7 cm³/mol. The molecule has 1 unspecified atom stereocenters. The van der Waals surface area contributed by atoms with Crippen molar-refractivity contribution < 1.29 is 6.17 Å². The monoisotopic (exact) mass is 142 g/mol. The Morgan fingerprint density at radius 1 is 1.70 bits per heavy atom. The molecule has 2 heteroatoms. The number of rotatable bonds is 2. The van der Waals surface area contributed by atoms with Crippen LogP contribution in [0.15, 0.2) is 12.2 Å². The number of hydrogen-bond acceptors (Lipinski definition) is 1. The van der Waals surface area contributed by atoms with Gasteiger partial charge in [0.1, 0.15) is 0 Å². The lowest BCUT2D eigenvalue weighted by atomic mass is 10.0. The normalized spacial score (nSPS) is 13.7. The van der Waals surface area contributed by atoms with Gasteiger partial charge in [0.15, 0.2) is 0 Å². The molecule has 2 nitrogen and oxygen atoms in total. The zero-order valence-corrected chi connectivity index (χ0v) is 6.85. The van der Waals surface area contributed by atoms with E-state index in [1.54, 1.807) is 21.0 Å². The molecule has 0 fully saturated rings. The van der Waals surface area contributed by atoms with Crippen LogP contribution < -0.4 is 0 Å². The van der Waals surface area contributed by atoms with Crippen molar-refractivity contribution in [3.63, 3.8) is 0 Å². The molecule has 0 rings (SSSR count). The quantitative estimate of drug-likeness (QED) is 0.532. The summed E-state index contributed by atoms with van der Waals surface area (Å²) in [6.07, 6.45) is 0. The van der Waals surface area contributed by atoms with Crippen LogP contribution in [0.5, 0.6) is 0 Å². The summed E-state index contributed by atoms with van der Waals surface area (Å²) in [6, 6.07) is 0. The number of amides is 1. The third-order valence-corrected chi connectivity index (χ3v) is 1.42. The molecule has 10 heavy (non-hydrogen) atoms. The third-order valence-electron chi connectivity index (χ3n) is 1.42. The summed E-state index contributed by atoms with van der Waals surface area (Å²) in [5.74, 6) is -0.204. The summed E-state index contributed by atoms with van der Waals surface area (Å²) in [4.78, 5) is 12.7. The van der Waals surface area contributed by atoms with E-state index in [4.69, 9.17) is 1.37 Å². The maximum atomic E-state index is 11.2. The van der Waals surface area contributed by atoms with Crippen LogP contribution in [-0.2, 0) is 4.79 Å². The molecule has 58 valence electrons. The van der Waals surface area contributed by atoms with Crippen LogP contribution in [0.2, 0.25) is 0 Å². The number of carbonyl (C=O) groups excluding carboxylic acids is 1. The molecule has 0 radical (unpaired) electrons. The van der Waals surface area contributed by atoms with E-state index in [0.29, 0.717) is 5.57 Å². The average Bonchev–Trinajstić information content (AvgIpc) is 2.00. The Balaban J connectivity index is 4.13. The Kier molecular flexibility index (Phi) is 2.49. The van der Waals surface area contributed by atoms with Gasteiger partial charge in [0.05, 0.1) is 5.92 Å². The fraction of sp³-hybridized carbons (Fsp3) is 0.625. The molecule has 0 aliphatic rings. The molecule has 0 aromatic heterocycles. The highest BCUT2D eigenvalue weighted by Crippen LogP contribution is 2.08. The molecule has 0 aliphatic carbocycles. The standard InChI is InChI=1S/C8H15NO/c1-6(2)7(3)8(10)9(4)5/h7H,1H2,2-5H3/i2D. The summed E-state index contributed by atoms with van der Waals surface area (Å²) >= 11 is 0. The van der Waals surface area contributed by atoms with Gasteiger partial charge in [-0.05, 0) is 13.8 Å². The summed E-state index contributed by atoms with van der Waals surface area (Å²) in [6.45, 7) is 5.54. The van der Waals surface area contributed by atoms with E-state index in [-0.39, 0.29) is 18.7 Å². The van der Waals surface area contributed by atoms with Crippen molar-refractivity contribution in [2.75, 3.05) is 14.1 Å². The second kappa shape index (κ2) is 3.40. The van der Waals surface area contributed by atoms with E-state index < -0.39 is 0 Å². The minimum Gasteiger partial charge on any atom is -0.348 e. The maximum Gasteiger partial charge on any atom is 0.228 e. The summed E-state index contributed by atoms with van der Waals surface area (Å²) < 4.78 is 7.00. The lowest BCUT2D eigenvalue weighted by Crippen LogP contribution is -2.28. The third kappa shape index (κ3) is 2.21. The van der Waals surface area contributed by atoms with Crippen molar-refractivity contribution in [3.8, 4) is 0 Å². The smallest absolute Gasteiger partial charge is 0.228 e. The van der Waals surface area contributed by atoms with Crippen LogP contribution in [0.4, 0.5) is 0 Å². The molecular formula is C8H15NO. The minimum atomic E-state index is -0.220. The van der Waals surface area contributed by atoms with Crippen molar-refractivity contribution in [2.24, 2.45) is 5.92 Å². The summed E-state index contributed by atoms with van der Waals surface area (Å²) in [5.41, 5.74) is 0.670. The van der Waals surface area contributed by atoms with Gasteiger partial charge < -0.3 is 4.90 Å². The zero-order chi connectivity index (χ0) is 9.02. The lowest BCUT2D eigenvalue weighted by molar-refractivity contribution is -0.131. The SMILES string of the molecule is [2H]CC(=C)C(C)C(=O)N(C)C. The fourth-order valence-corrected chi connectivity index (χ4v) is 0.562. The molecule has 0 heterocycles. The van der Waals surface area contributed by atoms with E-state index in [1.165, 1.54) is 4.90 Å². The summed E-state index contributed by atoms with van der Waals surface area (Å²) in [7, 11) is 3.41. The minimum absolute atomic E-state index is 0.0160. The van der Waals surface area contributed by atoms with E-state index in [9.17, 15) is 4.79 Å². The maximum absolute atomic E-state index is 11.2. The van der Waals surface area contributed by atoms with E-state index in [1.807, 2.05) is 0 Å². The van der Waals surface area contributed by atoms with Gasteiger partial charge in [-0.15, -0.1) is 0 Å². The van der Waals surface area contributed by atoms with Crippen LogP contribution in [-0.4, -0.2) is 24.9 Å². The van der Waals surface area contributed by atoms with Crippen LogP contribution >= 0.6 is 0 Å². The van der Waals surface area contributed by atoms with Crippen LogP contribution in [0.1, 0.15) is 15.2 Å². The van der Waals surface area contributed by atoms with Crippen LogP contribution in [0.3, 0.4) is 0 Å². The molecule has 0 spiro atoms. The molecule has 0 N–H and O–H groups in total. The predicted octanol–water partition coefficient (Wildman–Crippen LogP) is 1.29. The molecule has 1 atom stereocenters. The molecular weight excluding hydrogens is 126 g/mol. The Morgan fingerprint density at radius 3 is 2.50 bits per heavy atom. The van der Waals surface area contributed by atoms with Crippen molar-refractivity contribution in [1.82, 2.24) is 4.90 Å². The van der Waals surface area contributed by atoms with Gasteiger partial charge in [-0.2, -0.15) is 0 Å². The number of nitrogens with zero attached hydrogens (tertiary/aromatic N) is 1. The van der Waals surface area contributed by atoms with Gasteiger partial charge in [-0.25, -0.2) is 0 Å². The van der Waals surface area contributed by atoms with Crippen molar-refractivity contribution in [2.45, 2.75) is 13.8 Å². The summed E-state index contributed by atoms with van der Waals surface area (Å²) in [5, 5.41) is 0. The lowest BCUT2D eigenvalue weighted by Gasteiger charge is -2.16. The molecule has 0 aromatic rings. The van der Waals surface area contributed by atoms with Crippen LogP contribution in [0.25, 0.3) is 0 Å². The number of hydrogen-bond donors (Lipinski definition) is 0. The van der Waals surface area contributed by atoms with E-state index in [0.717, 1.165) is 0 Å². The van der Waals surface area contributed by atoms with E-state index in [2.05, 4.69) is 6.58 Å². The Hall–Kier alpha value is -0.790. The molecule has 1 amide bonds. The van der Waals surface area contributed by atoms with Crippen molar-refractivity contribution in [3.05, 3.63) is 12.2 Å².